The molecule has 7 nitrogen and oxygen atoms in total. The lowest BCUT2D eigenvalue weighted by Crippen LogP contribution is -2.36. The van der Waals surface area contributed by atoms with E-state index >= 15 is 0 Å². The summed E-state index contributed by atoms with van der Waals surface area (Å²) in [7, 11) is 0. The van der Waals surface area contributed by atoms with Crippen LogP contribution >= 0.6 is 0 Å². The largest absolute Gasteiger partial charge is 0.477 e. The summed E-state index contributed by atoms with van der Waals surface area (Å²) < 4.78 is 5.31. The Morgan fingerprint density at radius 2 is 2.24 bits per heavy atom. The minimum atomic E-state index is -0.527. The smallest absolute Gasteiger partial charge is 0.310 e. The molecule has 2 N–H and O–H groups in total. The average Bonchev–Trinajstić information content (AvgIpc) is 2.88. The summed E-state index contributed by atoms with van der Waals surface area (Å²) in [5.41, 5.74) is 5.52. The molecular formula is C14H19N3O4. The first kappa shape index (κ1) is 15.2. The van der Waals surface area contributed by atoms with Crippen molar-refractivity contribution in [3.63, 3.8) is 0 Å². The summed E-state index contributed by atoms with van der Waals surface area (Å²) in [6.07, 6.45) is 0.862. The molecule has 1 amide bonds. The van der Waals surface area contributed by atoms with Gasteiger partial charge in [0.15, 0.2) is 12.4 Å². The second-order valence-corrected chi connectivity index (χ2v) is 5.59. The van der Waals surface area contributed by atoms with Crippen LogP contribution in [0.3, 0.4) is 0 Å². The second kappa shape index (κ2) is 6.09. The average molecular weight is 293 g/mol. The van der Waals surface area contributed by atoms with Gasteiger partial charge in [-0.25, -0.2) is 0 Å². The highest BCUT2D eigenvalue weighted by molar-refractivity contribution is 5.78. The van der Waals surface area contributed by atoms with Crippen molar-refractivity contribution in [1.82, 2.24) is 4.90 Å². The number of ether oxygens (including phenoxy) is 1. The van der Waals surface area contributed by atoms with Crippen LogP contribution in [-0.2, 0) is 4.79 Å². The quantitative estimate of drug-likeness (QED) is 0.649. The molecule has 1 heterocycles. The molecule has 1 aliphatic rings. The van der Waals surface area contributed by atoms with Crippen LogP contribution in [0.15, 0.2) is 24.3 Å². The van der Waals surface area contributed by atoms with Crippen molar-refractivity contribution >= 4 is 11.6 Å². The molecule has 1 atom stereocenters. The number of hydrogen-bond donors (Lipinski definition) is 1. The standard InChI is InChI=1S/C14H19N3O4/c1-14(9-15)6-7-16(10-14)13(18)8-21-12-5-3-2-4-11(12)17(19)20/h2-5H,6-10,15H2,1H3. The van der Waals surface area contributed by atoms with Gasteiger partial charge in [-0.3, -0.25) is 14.9 Å². The van der Waals surface area contributed by atoms with Crippen LogP contribution in [0.4, 0.5) is 5.69 Å². The molecule has 114 valence electrons. The third-order valence-corrected chi connectivity index (χ3v) is 3.82. The number of nitrogens with zero attached hydrogens (tertiary/aromatic N) is 2. The Hall–Kier alpha value is -2.15. The second-order valence-electron chi connectivity index (χ2n) is 5.59. The van der Waals surface area contributed by atoms with Crippen LogP contribution in [0.25, 0.3) is 0 Å². The van der Waals surface area contributed by atoms with E-state index in [1.807, 2.05) is 6.92 Å². The third-order valence-electron chi connectivity index (χ3n) is 3.82. The van der Waals surface area contributed by atoms with Gasteiger partial charge < -0.3 is 15.4 Å². The molecule has 0 aromatic heterocycles. The van der Waals surface area contributed by atoms with Gasteiger partial charge in [0, 0.05) is 19.2 Å². The molecule has 1 aliphatic heterocycles. The fourth-order valence-corrected chi connectivity index (χ4v) is 2.36. The van der Waals surface area contributed by atoms with E-state index < -0.39 is 4.92 Å². The van der Waals surface area contributed by atoms with Crippen molar-refractivity contribution in [2.75, 3.05) is 26.2 Å². The van der Waals surface area contributed by atoms with Crippen molar-refractivity contribution in [2.24, 2.45) is 11.1 Å². The van der Waals surface area contributed by atoms with Crippen LogP contribution in [0.2, 0.25) is 0 Å². The lowest BCUT2D eigenvalue weighted by atomic mass is 9.90. The fraction of sp³-hybridized carbons (Fsp3) is 0.500. The van der Waals surface area contributed by atoms with Crippen molar-refractivity contribution in [1.29, 1.82) is 0 Å². The molecule has 2 rings (SSSR count). The Bertz CT molecular complexity index is 549. The zero-order valence-corrected chi connectivity index (χ0v) is 11.9. The maximum absolute atomic E-state index is 12.1. The Balaban J connectivity index is 1.95. The number of nitrogens with two attached hydrogens (primary N) is 1. The van der Waals surface area contributed by atoms with E-state index in [0.29, 0.717) is 19.6 Å². The fourth-order valence-electron chi connectivity index (χ4n) is 2.36. The van der Waals surface area contributed by atoms with Gasteiger partial charge in [0.1, 0.15) is 0 Å². The Morgan fingerprint density at radius 3 is 2.86 bits per heavy atom. The first-order chi connectivity index (χ1) is 9.95. The van der Waals surface area contributed by atoms with E-state index in [1.165, 1.54) is 12.1 Å². The van der Waals surface area contributed by atoms with E-state index in [2.05, 4.69) is 0 Å². The molecule has 1 fully saturated rings. The lowest BCUT2D eigenvalue weighted by Gasteiger charge is -2.22. The van der Waals surface area contributed by atoms with Gasteiger partial charge >= 0.3 is 5.69 Å². The zero-order valence-electron chi connectivity index (χ0n) is 11.9. The van der Waals surface area contributed by atoms with Crippen molar-refractivity contribution in [3.05, 3.63) is 34.4 Å². The van der Waals surface area contributed by atoms with E-state index in [4.69, 9.17) is 10.5 Å². The Kier molecular flexibility index (Phi) is 4.42. The molecule has 0 bridgehead atoms. The molecule has 1 aromatic rings. The van der Waals surface area contributed by atoms with E-state index in [9.17, 15) is 14.9 Å². The number of nitro benzene ring substituents is 1. The van der Waals surface area contributed by atoms with Gasteiger partial charge in [-0.15, -0.1) is 0 Å². The maximum Gasteiger partial charge on any atom is 0.310 e. The molecular weight excluding hydrogens is 274 g/mol. The van der Waals surface area contributed by atoms with Gasteiger partial charge in [0.05, 0.1) is 4.92 Å². The van der Waals surface area contributed by atoms with Crippen LogP contribution in [0.5, 0.6) is 5.75 Å². The number of likely N-dealkylation sites (tertiary alicyclic amines) is 1. The topological polar surface area (TPSA) is 98.7 Å². The number of rotatable bonds is 5. The summed E-state index contributed by atoms with van der Waals surface area (Å²) >= 11 is 0. The zero-order chi connectivity index (χ0) is 15.5. The van der Waals surface area contributed by atoms with Gasteiger partial charge in [-0.1, -0.05) is 19.1 Å². The number of benzene rings is 1. The van der Waals surface area contributed by atoms with Gasteiger partial charge in [0.25, 0.3) is 5.91 Å². The number of nitro groups is 1. The summed E-state index contributed by atoms with van der Waals surface area (Å²) in [5.74, 6) is -0.0676. The highest BCUT2D eigenvalue weighted by atomic mass is 16.6. The number of hydrogen-bond acceptors (Lipinski definition) is 5. The molecule has 1 saturated heterocycles. The Labute approximate surface area is 122 Å². The predicted molar refractivity (Wildman–Crippen MR) is 76.9 cm³/mol. The maximum atomic E-state index is 12.1. The van der Waals surface area contributed by atoms with Crippen molar-refractivity contribution in [3.8, 4) is 5.75 Å². The number of carbonyl (C=O) groups excluding carboxylic acids is 1. The normalized spacial score (nSPS) is 21.3. The van der Waals surface area contributed by atoms with Gasteiger partial charge in [0.2, 0.25) is 0 Å². The highest BCUT2D eigenvalue weighted by Crippen LogP contribution is 2.29. The third kappa shape index (κ3) is 3.49. The molecule has 0 radical (unpaired) electrons. The summed E-state index contributed by atoms with van der Waals surface area (Å²) in [6.45, 7) is 3.62. The summed E-state index contributed by atoms with van der Waals surface area (Å²) in [4.78, 5) is 24.1. The molecule has 1 unspecified atom stereocenters. The number of carbonyl (C=O) groups is 1. The monoisotopic (exact) mass is 293 g/mol. The molecule has 7 heteroatoms. The number of para-hydroxylation sites is 2. The van der Waals surface area contributed by atoms with Crippen LogP contribution < -0.4 is 10.5 Å². The van der Waals surface area contributed by atoms with Crippen molar-refractivity contribution < 1.29 is 14.5 Å². The van der Waals surface area contributed by atoms with E-state index in [0.717, 1.165) is 6.42 Å². The van der Waals surface area contributed by atoms with Gasteiger partial charge in [-0.2, -0.15) is 0 Å². The molecule has 1 aromatic carbocycles. The lowest BCUT2D eigenvalue weighted by molar-refractivity contribution is -0.385. The van der Waals surface area contributed by atoms with E-state index in [-0.39, 0.29) is 29.4 Å². The number of amides is 1. The molecule has 0 saturated carbocycles. The van der Waals surface area contributed by atoms with Crippen LogP contribution in [0, 0.1) is 15.5 Å². The minimum absolute atomic E-state index is 0.0472. The molecule has 0 aliphatic carbocycles. The Morgan fingerprint density at radius 1 is 1.52 bits per heavy atom. The van der Waals surface area contributed by atoms with Crippen LogP contribution in [0.1, 0.15) is 13.3 Å². The summed E-state index contributed by atoms with van der Waals surface area (Å²) in [6, 6.07) is 6.02. The highest BCUT2D eigenvalue weighted by Gasteiger charge is 2.35. The molecule has 21 heavy (non-hydrogen) atoms. The van der Waals surface area contributed by atoms with E-state index in [1.54, 1.807) is 17.0 Å². The van der Waals surface area contributed by atoms with Crippen molar-refractivity contribution in [2.45, 2.75) is 13.3 Å². The summed E-state index contributed by atoms with van der Waals surface area (Å²) in [5, 5.41) is 10.9. The first-order valence-corrected chi connectivity index (χ1v) is 6.79. The van der Waals surface area contributed by atoms with Crippen LogP contribution in [-0.4, -0.2) is 42.0 Å². The van der Waals surface area contributed by atoms with Gasteiger partial charge in [-0.05, 0) is 24.4 Å². The molecule has 0 spiro atoms. The SMILES string of the molecule is CC1(CN)CCN(C(=O)COc2ccccc2[N+](=O)[O-])C1. The predicted octanol–water partition coefficient (Wildman–Crippen LogP) is 1.17. The first-order valence-electron chi connectivity index (χ1n) is 6.79. The minimum Gasteiger partial charge on any atom is -0.477 e.